The fourth-order valence-corrected chi connectivity index (χ4v) is 2.14. The molecule has 0 bridgehead atoms. The Labute approximate surface area is 70.5 Å². The van der Waals surface area contributed by atoms with Gasteiger partial charge >= 0.3 is 0 Å². The molecule has 0 N–H and O–H groups in total. The third-order valence-electron chi connectivity index (χ3n) is 3.33. The van der Waals surface area contributed by atoms with Crippen molar-refractivity contribution in [2.45, 2.75) is 52.1 Å². The fourth-order valence-electron chi connectivity index (χ4n) is 2.14. The molecule has 0 aromatic rings. The van der Waals surface area contributed by atoms with Crippen molar-refractivity contribution in [3.8, 4) is 0 Å². The highest BCUT2D eigenvalue weighted by atomic mass is 16.4. The van der Waals surface area contributed by atoms with Crippen molar-refractivity contribution < 1.29 is 4.65 Å². The maximum absolute atomic E-state index is 5.95. The molecule has 0 unspecified atom stereocenters. The Morgan fingerprint density at radius 3 is 2.45 bits per heavy atom. The Hall–Kier alpha value is 0.0249. The molecule has 0 radical (unpaired) electrons. The van der Waals surface area contributed by atoms with Gasteiger partial charge in [0.2, 0.25) is 0 Å². The zero-order chi connectivity index (χ0) is 8.16. The van der Waals surface area contributed by atoms with Crippen LogP contribution >= 0.6 is 0 Å². The van der Waals surface area contributed by atoms with Crippen LogP contribution in [0.1, 0.15) is 33.1 Å². The molecule has 1 heterocycles. The highest BCUT2D eigenvalue weighted by Crippen LogP contribution is 2.27. The molecule has 2 heteroatoms. The molecule has 11 heavy (non-hydrogen) atoms. The maximum Gasteiger partial charge on any atom is 0.114 e. The molecule has 0 aromatic carbocycles. The van der Waals surface area contributed by atoms with Crippen molar-refractivity contribution >= 4 is 6.35 Å². The summed E-state index contributed by atoms with van der Waals surface area (Å²) in [7, 11) is 0. The minimum atomic E-state index is -0.396. The Morgan fingerprint density at radius 1 is 1.09 bits per heavy atom. The molecule has 0 saturated carbocycles. The average Bonchev–Trinajstić information content (AvgIpc) is 2.30. The zero-order valence-corrected chi connectivity index (χ0v) is 7.94. The summed E-state index contributed by atoms with van der Waals surface area (Å²) in [6.07, 6.45) is 7.49. The first-order chi connectivity index (χ1) is 5.33. The summed E-state index contributed by atoms with van der Waals surface area (Å²) in [6, 6.07) is 0. The highest BCUT2D eigenvalue weighted by molar-refractivity contribution is 6.73. The molecule has 1 rings (SSSR count). The van der Waals surface area contributed by atoms with Gasteiger partial charge in [-0.15, -0.1) is 0 Å². The van der Waals surface area contributed by atoms with Gasteiger partial charge in [0.25, 0.3) is 0 Å². The van der Waals surface area contributed by atoms with E-state index in [1.807, 2.05) is 0 Å². The Kier molecular flexibility index (Phi) is 3.44. The van der Waals surface area contributed by atoms with Crippen LogP contribution in [-0.2, 0) is 4.65 Å². The van der Waals surface area contributed by atoms with Crippen LogP contribution < -0.4 is 0 Å². The monoisotopic (exact) mass is 155 g/mol. The lowest BCUT2D eigenvalue weighted by atomic mass is 9.34. The summed E-state index contributed by atoms with van der Waals surface area (Å²) in [5.74, 6) is 0. The SMILES string of the molecule is CC[B-]1(CC)CCCCCO1. The van der Waals surface area contributed by atoms with Gasteiger partial charge in [-0.3, -0.25) is 0 Å². The van der Waals surface area contributed by atoms with E-state index in [0.29, 0.717) is 0 Å². The Morgan fingerprint density at radius 2 is 1.82 bits per heavy atom. The number of hydrogen-bond donors (Lipinski definition) is 0. The molecular weight excluding hydrogens is 135 g/mol. The van der Waals surface area contributed by atoms with Gasteiger partial charge in [-0.1, -0.05) is 26.7 Å². The van der Waals surface area contributed by atoms with Crippen molar-refractivity contribution in [2.75, 3.05) is 6.61 Å². The van der Waals surface area contributed by atoms with Crippen LogP contribution in [-0.4, -0.2) is 13.0 Å². The molecule has 1 nitrogen and oxygen atoms in total. The lowest BCUT2D eigenvalue weighted by Gasteiger charge is -2.37. The van der Waals surface area contributed by atoms with E-state index in [-0.39, 0.29) is 0 Å². The predicted molar refractivity (Wildman–Crippen MR) is 51.3 cm³/mol. The zero-order valence-electron chi connectivity index (χ0n) is 7.94. The quantitative estimate of drug-likeness (QED) is 0.556. The molecule has 66 valence electrons. The van der Waals surface area contributed by atoms with E-state index < -0.39 is 6.35 Å². The van der Waals surface area contributed by atoms with Crippen LogP contribution in [0.3, 0.4) is 0 Å². The Bertz CT molecular complexity index is 100. The smallest absolute Gasteiger partial charge is 0.114 e. The minimum Gasteiger partial charge on any atom is -0.590 e. The summed E-state index contributed by atoms with van der Waals surface area (Å²) < 4.78 is 5.95. The molecule has 0 amide bonds. The highest BCUT2D eigenvalue weighted by Gasteiger charge is 2.22. The van der Waals surface area contributed by atoms with Gasteiger partial charge in [0.15, 0.2) is 0 Å². The van der Waals surface area contributed by atoms with Crippen LogP contribution in [0.4, 0.5) is 0 Å². The largest absolute Gasteiger partial charge is 0.590 e. The normalized spacial score (nSPS) is 24.5. The molecular formula is C9H20BO-. The van der Waals surface area contributed by atoms with E-state index in [4.69, 9.17) is 4.65 Å². The molecule has 0 aliphatic carbocycles. The standard InChI is InChI=1S/C9H20BO/c1-3-10(4-2)8-6-5-7-9-11-10/h3-9H2,1-2H3/q-1. The van der Waals surface area contributed by atoms with E-state index in [9.17, 15) is 0 Å². The average molecular weight is 155 g/mol. The lowest BCUT2D eigenvalue weighted by Crippen LogP contribution is -2.35. The van der Waals surface area contributed by atoms with Crippen LogP contribution in [0.25, 0.3) is 0 Å². The van der Waals surface area contributed by atoms with Gasteiger partial charge in [0.05, 0.1) is 0 Å². The second-order valence-electron chi connectivity index (χ2n) is 3.90. The van der Waals surface area contributed by atoms with E-state index in [2.05, 4.69) is 13.8 Å². The fraction of sp³-hybridized carbons (Fsp3) is 1.00. The third-order valence-corrected chi connectivity index (χ3v) is 3.33. The van der Waals surface area contributed by atoms with Gasteiger partial charge in [0, 0.05) is 0 Å². The second-order valence-corrected chi connectivity index (χ2v) is 3.90. The summed E-state index contributed by atoms with van der Waals surface area (Å²) >= 11 is 0. The van der Waals surface area contributed by atoms with Crippen molar-refractivity contribution in [2.24, 2.45) is 0 Å². The topological polar surface area (TPSA) is 9.23 Å². The van der Waals surface area contributed by atoms with Crippen molar-refractivity contribution in [1.29, 1.82) is 0 Å². The van der Waals surface area contributed by atoms with Gasteiger partial charge in [-0.25, -0.2) is 0 Å². The second kappa shape index (κ2) is 4.15. The molecule has 0 atom stereocenters. The maximum atomic E-state index is 5.95. The minimum absolute atomic E-state index is 0.396. The van der Waals surface area contributed by atoms with E-state index in [1.54, 1.807) is 0 Å². The summed E-state index contributed by atoms with van der Waals surface area (Å²) in [6.45, 7) is 5.56. The molecule has 0 aromatic heterocycles. The molecule has 0 spiro atoms. The van der Waals surface area contributed by atoms with Gasteiger partial charge in [0.1, 0.15) is 6.35 Å². The third kappa shape index (κ3) is 2.23. The van der Waals surface area contributed by atoms with Gasteiger partial charge < -0.3 is 4.65 Å². The number of rotatable bonds is 2. The van der Waals surface area contributed by atoms with Gasteiger partial charge in [-0.05, 0) is 13.0 Å². The molecule has 1 fully saturated rings. The first kappa shape index (κ1) is 9.12. The van der Waals surface area contributed by atoms with Crippen LogP contribution in [0.2, 0.25) is 19.0 Å². The Balaban J connectivity index is 2.49. The van der Waals surface area contributed by atoms with E-state index >= 15 is 0 Å². The van der Waals surface area contributed by atoms with Crippen molar-refractivity contribution in [3.63, 3.8) is 0 Å². The van der Waals surface area contributed by atoms with E-state index in [0.717, 1.165) is 6.61 Å². The van der Waals surface area contributed by atoms with Crippen LogP contribution in [0.5, 0.6) is 0 Å². The summed E-state index contributed by atoms with van der Waals surface area (Å²) in [5.41, 5.74) is 0. The first-order valence-corrected chi connectivity index (χ1v) is 5.16. The molecule has 1 saturated heterocycles. The predicted octanol–water partition coefficient (Wildman–Crippen LogP) is 3.17. The number of hydrogen-bond acceptors (Lipinski definition) is 1. The summed E-state index contributed by atoms with van der Waals surface area (Å²) in [5, 5.41) is 0. The lowest BCUT2D eigenvalue weighted by molar-refractivity contribution is 0.303. The van der Waals surface area contributed by atoms with Crippen molar-refractivity contribution in [1.82, 2.24) is 0 Å². The summed E-state index contributed by atoms with van der Waals surface area (Å²) in [4.78, 5) is 0. The molecule has 1 aliphatic heterocycles. The van der Waals surface area contributed by atoms with Crippen LogP contribution in [0.15, 0.2) is 0 Å². The molecule has 1 aliphatic rings. The first-order valence-electron chi connectivity index (χ1n) is 5.16. The van der Waals surface area contributed by atoms with Gasteiger partial charge in [-0.2, -0.15) is 19.0 Å². The van der Waals surface area contributed by atoms with Crippen molar-refractivity contribution in [3.05, 3.63) is 0 Å². The van der Waals surface area contributed by atoms with E-state index in [1.165, 1.54) is 38.2 Å². The van der Waals surface area contributed by atoms with Crippen LogP contribution in [0, 0.1) is 0 Å².